The number of alkyl halides is 3. The Morgan fingerprint density at radius 3 is 2.42 bits per heavy atom. The summed E-state index contributed by atoms with van der Waals surface area (Å²) in [6.45, 7) is 5.36. The molecule has 0 unspecified atom stereocenters. The van der Waals surface area contributed by atoms with Crippen LogP contribution in [-0.2, 0) is 6.18 Å². The van der Waals surface area contributed by atoms with E-state index in [1.807, 2.05) is 26.0 Å². The summed E-state index contributed by atoms with van der Waals surface area (Å²) in [6, 6.07) is 7.51. The van der Waals surface area contributed by atoms with Gasteiger partial charge in [0.05, 0.1) is 21.9 Å². The van der Waals surface area contributed by atoms with Crippen molar-refractivity contribution in [2.45, 2.75) is 26.9 Å². The number of nitro groups is 1. The van der Waals surface area contributed by atoms with Crippen molar-refractivity contribution in [3.8, 4) is 5.69 Å². The number of benzene rings is 2. The lowest BCUT2D eigenvalue weighted by atomic mass is 10.1. The third-order valence-corrected chi connectivity index (χ3v) is 4.40. The number of hydrogen-bond donors (Lipinski definition) is 2. The van der Waals surface area contributed by atoms with Gasteiger partial charge in [-0.15, -0.1) is 5.10 Å². The third kappa shape index (κ3) is 4.63. The second kappa shape index (κ2) is 8.05. The molecule has 3 aromatic rings. The van der Waals surface area contributed by atoms with Gasteiger partial charge in [0, 0.05) is 6.07 Å². The van der Waals surface area contributed by atoms with Crippen LogP contribution in [0.4, 0.5) is 24.5 Å². The zero-order valence-electron chi connectivity index (χ0n) is 16.6. The Balaban J connectivity index is 1.82. The van der Waals surface area contributed by atoms with E-state index in [2.05, 4.69) is 21.0 Å². The second-order valence-electron chi connectivity index (χ2n) is 6.78. The number of nitrogens with zero attached hydrogens (tertiary/aromatic N) is 4. The van der Waals surface area contributed by atoms with Gasteiger partial charge >= 0.3 is 6.18 Å². The molecule has 0 bridgehead atoms. The largest absolute Gasteiger partial charge is 0.416 e. The van der Waals surface area contributed by atoms with E-state index in [4.69, 9.17) is 0 Å². The highest BCUT2D eigenvalue weighted by Crippen LogP contribution is 2.34. The summed E-state index contributed by atoms with van der Waals surface area (Å²) in [7, 11) is 0. The van der Waals surface area contributed by atoms with Crippen molar-refractivity contribution in [1.82, 2.24) is 20.4 Å². The van der Waals surface area contributed by atoms with E-state index >= 15 is 0 Å². The molecule has 0 spiro atoms. The van der Waals surface area contributed by atoms with Gasteiger partial charge < -0.3 is 0 Å². The Hall–Kier alpha value is -3.96. The average Bonchev–Trinajstić information content (AvgIpc) is 3.06. The molecule has 1 aromatic heterocycles. The first-order chi connectivity index (χ1) is 14.5. The minimum atomic E-state index is -4.74. The van der Waals surface area contributed by atoms with Crippen molar-refractivity contribution in [3.63, 3.8) is 0 Å². The molecule has 0 aliphatic carbocycles. The number of carbonyl (C=O) groups is 1. The molecule has 0 aliphatic heterocycles. The second-order valence-corrected chi connectivity index (χ2v) is 6.78. The molecule has 31 heavy (non-hydrogen) atoms. The number of amides is 1. The van der Waals surface area contributed by atoms with Crippen LogP contribution < -0.4 is 10.9 Å². The lowest BCUT2D eigenvalue weighted by Gasteiger charge is -2.11. The third-order valence-electron chi connectivity index (χ3n) is 4.40. The van der Waals surface area contributed by atoms with E-state index in [1.165, 1.54) is 4.80 Å². The fourth-order valence-electron chi connectivity index (χ4n) is 2.87. The molecule has 0 radical (unpaired) electrons. The summed E-state index contributed by atoms with van der Waals surface area (Å²) in [5.74, 6) is -0.761. The van der Waals surface area contributed by atoms with Crippen molar-refractivity contribution in [1.29, 1.82) is 0 Å². The van der Waals surface area contributed by atoms with Crippen molar-refractivity contribution in [2.24, 2.45) is 0 Å². The maximum Gasteiger partial charge on any atom is 0.416 e. The molecule has 0 saturated heterocycles. The molecule has 12 heteroatoms. The Morgan fingerprint density at radius 1 is 1.10 bits per heavy atom. The van der Waals surface area contributed by atoms with Crippen LogP contribution in [0.1, 0.15) is 32.9 Å². The van der Waals surface area contributed by atoms with Gasteiger partial charge in [-0.1, -0.05) is 17.7 Å². The fourth-order valence-corrected chi connectivity index (χ4v) is 2.87. The van der Waals surface area contributed by atoms with Crippen LogP contribution in [0, 0.1) is 30.9 Å². The molecule has 1 amide bonds. The van der Waals surface area contributed by atoms with Crippen molar-refractivity contribution < 1.29 is 22.9 Å². The zero-order chi connectivity index (χ0) is 22.9. The number of rotatable bonds is 5. The highest BCUT2D eigenvalue weighted by Gasteiger charge is 2.33. The van der Waals surface area contributed by atoms with E-state index in [0.29, 0.717) is 23.5 Å². The number of aromatic nitrogens is 3. The topological polar surface area (TPSA) is 115 Å². The van der Waals surface area contributed by atoms with Crippen LogP contribution >= 0.6 is 0 Å². The van der Waals surface area contributed by atoms with E-state index in [1.54, 1.807) is 13.0 Å². The Morgan fingerprint density at radius 2 is 1.81 bits per heavy atom. The maximum absolute atomic E-state index is 12.8. The summed E-state index contributed by atoms with van der Waals surface area (Å²) in [4.78, 5) is 23.9. The number of nitro benzene ring substituents is 1. The van der Waals surface area contributed by atoms with E-state index in [9.17, 15) is 28.1 Å². The number of carbonyl (C=O) groups excluding carboxylic acids is 1. The number of hydrogen-bond acceptors (Lipinski definition) is 6. The first kappa shape index (κ1) is 21.7. The minimum Gasteiger partial charge on any atom is -0.292 e. The van der Waals surface area contributed by atoms with Gasteiger partial charge in [-0.05, 0) is 44.5 Å². The Kier molecular flexibility index (Phi) is 5.64. The normalized spacial score (nSPS) is 11.3. The van der Waals surface area contributed by atoms with E-state index < -0.39 is 28.3 Å². The first-order valence-electron chi connectivity index (χ1n) is 8.91. The highest BCUT2D eigenvalue weighted by molar-refractivity contribution is 5.94. The van der Waals surface area contributed by atoms with Crippen LogP contribution in [-0.4, -0.2) is 25.8 Å². The summed E-state index contributed by atoms with van der Waals surface area (Å²) < 4.78 is 38.4. The monoisotopic (exact) mass is 434 g/mol. The van der Waals surface area contributed by atoms with Crippen LogP contribution in [0.2, 0.25) is 0 Å². The molecule has 0 atom stereocenters. The van der Waals surface area contributed by atoms with Crippen molar-refractivity contribution in [3.05, 3.63) is 74.6 Å². The van der Waals surface area contributed by atoms with Gasteiger partial charge in [0.2, 0.25) is 0 Å². The first-order valence-corrected chi connectivity index (χ1v) is 8.91. The molecular formula is C19H17F3N6O3. The van der Waals surface area contributed by atoms with E-state index in [0.717, 1.165) is 17.2 Å². The predicted molar refractivity (Wildman–Crippen MR) is 105 cm³/mol. The fraction of sp³-hybridized carbons (Fsp3) is 0.211. The number of anilines is 1. The number of hydrazine groups is 1. The van der Waals surface area contributed by atoms with Gasteiger partial charge in [-0.3, -0.25) is 25.8 Å². The SMILES string of the molecule is Cc1ccc(-n2nc(C)c(C(=O)NNc3ccc(C(F)(F)F)cc3[N+](=O)[O-])n2)c(C)c1. The molecule has 0 fully saturated rings. The standard InChI is InChI=1S/C19H17F3N6O3/c1-10-4-7-15(11(2)8-10)27-25-12(3)17(26-27)18(29)24-23-14-6-5-13(19(20,21)22)9-16(14)28(30)31/h4-9,23H,1-3H3,(H,24,29). The smallest absolute Gasteiger partial charge is 0.292 e. The lowest BCUT2D eigenvalue weighted by Crippen LogP contribution is -2.30. The molecule has 1 heterocycles. The number of halogens is 3. The molecular weight excluding hydrogens is 417 g/mol. The lowest BCUT2D eigenvalue weighted by molar-refractivity contribution is -0.384. The average molecular weight is 434 g/mol. The molecule has 2 N–H and O–H groups in total. The number of nitrogens with one attached hydrogen (secondary N) is 2. The molecule has 162 valence electrons. The molecule has 0 aliphatic rings. The summed E-state index contributed by atoms with van der Waals surface area (Å²) in [6.07, 6.45) is -4.74. The van der Waals surface area contributed by atoms with Crippen molar-refractivity contribution in [2.75, 3.05) is 5.43 Å². The van der Waals surface area contributed by atoms with Crippen LogP contribution in [0.15, 0.2) is 36.4 Å². The van der Waals surface area contributed by atoms with Crippen LogP contribution in [0.3, 0.4) is 0 Å². The van der Waals surface area contributed by atoms with Crippen LogP contribution in [0.25, 0.3) is 5.69 Å². The quantitative estimate of drug-likeness (QED) is 0.465. The summed E-state index contributed by atoms with van der Waals surface area (Å²) in [5, 5.41) is 19.5. The van der Waals surface area contributed by atoms with Gasteiger partial charge in [-0.2, -0.15) is 23.1 Å². The van der Waals surface area contributed by atoms with Crippen molar-refractivity contribution >= 4 is 17.3 Å². The Bertz CT molecular complexity index is 1170. The zero-order valence-corrected chi connectivity index (χ0v) is 16.6. The highest BCUT2D eigenvalue weighted by atomic mass is 19.4. The molecule has 3 rings (SSSR count). The maximum atomic E-state index is 12.8. The molecule has 9 nitrogen and oxygen atoms in total. The summed E-state index contributed by atoms with van der Waals surface area (Å²) >= 11 is 0. The van der Waals surface area contributed by atoms with Gasteiger partial charge in [-0.25, -0.2) is 0 Å². The number of aryl methyl sites for hydroxylation is 3. The van der Waals surface area contributed by atoms with Gasteiger partial charge in [0.15, 0.2) is 5.69 Å². The molecule has 0 saturated carbocycles. The molecule has 2 aromatic carbocycles. The van der Waals surface area contributed by atoms with E-state index in [-0.39, 0.29) is 11.4 Å². The predicted octanol–water partition coefficient (Wildman–Crippen LogP) is 3.88. The van der Waals surface area contributed by atoms with Crippen LogP contribution in [0.5, 0.6) is 0 Å². The van der Waals surface area contributed by atoms with Gasteiger partial charge in [0.25, 0.3) is 11.6 Å². The Labute approximate surface area is 174 Å². The van der Waals surface area contributed by atoms with Gasteiger partial charge in [0.1, 0.15) is 5.69 Å². The minimum absolute atomic E-state index is 0.0537. The summed E-state index contributed by atoms with van der Waals surface area (Å²) in [5.41, 5.74) is 5.00.